The molecule has 1 N–H and O–H groups in total. The molecular weight excluding hydrogens is 300 g/mol. The zero-order chi connectivity index (χ0) is 17.0. The fourth-order valence-electron chi connectivity index (χ4n) is 2.87. The van der Waals surface area contributed by atoms with Gasteiger partial charge in [0.1, 0.15) is 0 Å². The van der Waals surface area contributed by atoms with E-state index in [0.29, 0.717) is 5.92 Å². The molecule has 1 aromatic rings. The van der Waals surface area contributed by atoms with E-state index in [1.165, 1.54) is 19.2 Å². The molecule has 7 heteroatoms. The highest BCUT2D eigenvalue weighted by atomic mass is 16.6. The lowest BCUT2D eigenvalue weighted by Crippen LogP contribution is -2.41. The van der Waals surface area contributed by atoms with Gasteiger partial charge in [0.05, 0.1) is 17.6 Å². The number of rotatable bonds is 4. The maximum absolute atomic E-state index is 12.4. The lowest BCUT2D eigenvalue weighted by Gasteiger charge is -2.29. The molecule has 1 aliphatic rings. The molecule has 0 bridgehead atoms. The molecule has 0 unspecified atom stereocenters. The van der Waals surface area contributed by atoms with Gasteiger partial charge in [0.25, 0.3) is 11.6 Å². The zero-order valence-corrected chi connectivity index (χ0v) is 13.2. The van der Waals surface area contributed by atoms with Gasteiger partial charge in [0.2, 0.25) is 0 Å². The summed E-state index contributed by atoms with van der Waals surface area (Å²) in [5.74, 6) is -0.752. The molecule has 2 atom stereocenters. The minimum Gasteiger partial charge on any atom is -0.465 e. The van der Waals surface area contributed by atoms with Crippen LogP contribution in [0.15, 0.2) is 18.2 Å². The number of amides is 1. The Balaban J connectivity index is 2.26. The van der Waals surface area contributed by atoms with Crippen LogP contribution in [0.2, 0.25) is 0 Å². The van der Waals surface area contributed by atoms with Crippen molar-refractivity contribution < 1.29 is 19.2 Å². The van der Waals surface area contributed by atoms with Crippen molar-refractivity contribution in [3.63, 3.8) is 0 Å². The van der Waals surface area contributed by atoms with E-state index in [1.54, 1.807) is 0 Å². The molecule has 1 aliphatic carbocycles. The van der Waals surface area contributed by atoms with Gasteiger partial charge in [-0.2, -0.15) is 0 Å². The predicted octanol–water partition coefficient (Wildman–Crippen LogP) is 2.69. The quantitative estimate of drug-likeness (QED) is 0.522. The number of nitrogens with zero attached hydrogens (tertiary/aromatic N) is 1. The summed E-state index contributed by atoms with van der Waals surface area (Å²) >= 11 is 0. The molecule has 23 heavy (non-hydrogen) atoms. The third-order valence-electron chi connectivity index (χ3n) is 4.24. The Morgan fingerprint density at radius 2 is 1.87 bits per heavy atom. The number of hydrogen-bond acceptors (Lipinski definition) is 5. The Morgan fingerprint density at radius 1 is 1.22 bits per heavy atom. The molecule has 0 heterocycles. The van der Waals surface area contributed by atoms with Crippen LogP contribution in [0.3, 0.4) is 0 Å². The average molecular weight is 320 g/mol. The topological polar surface area (TPSA) is 98.5 Å². The van der Waals surface area contributed by atoms with Crippen LogP contribution < -0.4 is 5.32 Å². The number of nitrogens with one attached hydrogen (secondary N) is 1. The summed E-state index contributed by atoms with van der Waals surface area (Å²) in [6.45, 7) is 2.08. The van der Waals surface area contributed by atoms with Gasteiger partial charge in [-0.25, -0.2) is 4.79 Å². The number of carbonyl (C=O) groups is 2. The van der Waals surface area contributed by atoms with Crippen molar-refractivity contribution in [2.45, 2.75) is 38.6 Å². The highest BCUT2D eigenvalue weighted by Gasteiger charge is 2.25. The van der Waals surface area contributed by atoms with Gasteiger partial charge in [-0.3, -0.25) is 14.9 Å². The van der Waals surface area contributed by atoms with Crippen molar-refractivity contribution in [3.05, 3.63) is 39.4 Å². The second-order valence-corrected chi connectivity index (χ2v) is 5.86. The SMILES string of the molecule is COC(=O)c1cc(C(=O)N[C@H]2CCCC[C@H]2C)cc([N+](=O)[O-])c1. The minimum atomic E-state index is -0.714. The molecule has 2 rings (SSSR count). The van der Waals surface area contributed by atoms with Gasteiger partial charge in [0, 0.05) is 23.7 Å². The summed E-state index contributed by atoms with van der Waals surface area (Å²) < 4.78 is 4.58. The molecule has 0 aromatic heterocycles. The fourth-order valence-corrected chi connectivity index (χ4v) is 2.87. The van der Waals surface area contributed by atoms with Gasteiger partial charge in [-0.1, -0.05) is 19.8 Å². The molecular formula is C16H20N2O5. The van der Waals surface area contributed by atoms with Gasteiger partial charge in [0.15, 0.2) is 0 Å². The summed E-state index contributed by atoms with van der Waals surface area (Å²) in [6, 6.07) is 3.65. The van der Waals surface area contributed by atoms with Gasteiger partial charge < -0.3 is 10.1 Å². The third-order valence-corrected chi connectivity index (χ3v) is 4.24. The van der Waals surface area contributed by atoms with E-state index in [1.807, 2.05) is 0 Å². The summed E-state index contributed by atoms with van der Waals surface area (Å²) in [7, 11) is 1.19. The van der Waals surface area contributed by atoms with E-state index in [4.69, 9.17) is 0 Å². The average Bonchev–Trinajstić information content (AvgIpc) is 2.55. The predicted molar refractivity (Wildman–Crippen MR) is 83.3 cm³/mol. The Morgan fingerprint density at radius 3 is 2.48 bits per heavy atom. The number of nitro groups is 1. The molecule has 1 fully saturated rings. The number of benzene rings is 1. The maximum Gasteiger partial charge on any atom is 0.338 e. The summed E-state index contributed by atoms with van der Waals surface area (Å²) in [5.41, 5.74) is -0.226. The van der Waals surface area contributed by atoms with Crippen LogP contribution >= 0.6 is 0 Å². The van der Waals surface area contributed by atoms with E-state index in [9.17, 15) is 19.7 Å². The molecule has 124 valence electrons. The molecule has 1 saturated carbocycles. The van der Waals surface area contributed by atoms with E-state index < -0.39 is 16.8 Å². The van der Waals surface area contributed by atoms with Crippen molar-refractivity contribution in [1.82, 2.24) is 5.32 Å². The summed E-state index contributed by atoms with van der Waals surface area (Å²) in [4.78, 5) is 34.4. The van der Waals surface area contributed by atoms with Crippen LogP contribution in [-0.4, -0.2) is 30.0 Å². The Kier molecular flexibility index (Phi) is 5.31. The van der Waals surface area contributed by atoms with Crippen molar-refractivity contribution in [2.75, 3.05) is 7.11 Å². The first-order valence-electron chi connectivity index (χ1n) is 7.61. The highest BCUT2D eigenvalue weighted by Crippen LogP contribution is 2.24. The van der Waals surface area contributed by atoms with Crippen molar-refractivity contribution >= 4 is 17.6 Å². The summed E-state index contributed by atoms with van der Waals surface area (Å²) in [5, 5.41) is 13.9. The highest BCUT2D eigenvalue weighted by molar-refractivity contribution is 5.99. The lowest BCUT2D eigenvalue weighted by molar-refractivity contribution is -0.384. The van der Waals surface area contributed by atoms with Crippen LogP contribution in [0, 0.1) is 16.0 Å². The van der Waals surface area contributed by atoms with E-state index in [2.05, 4.69) is 17.0 Å². The standard InChI is InChI=1S/C16H20N2O5/c1-10-5-3-4-6-14(10)17-15(19)11-7-12(16(20)23-2)9-13(8-11)18(21)22/h7-10,14H,3-6H2,1-2H3,(H,17,19)/t10-,14+/m1/s1. The number of ether oxygens (including phenoxy) is 1. The monoisotopic (exact) mass is 320 g/mol. The first-order valence-corrected chi connectivity index (χ1v) is 7.61. The third kappa shape index (κ3) is 4.06. The number of methoxy groups -OCH3 is 1. The summed E-state index contributed by atoms with van der Waals surface area (Å²) in [6.07, 6.45) is 4.15. The fraction of sp³-hybridized carbons (Fsp3) is 0.500. The second-order valence-electron chi connectivity index (χ2n) is 5.86. The normalized spacial score (nSPS) is 20.6. The smallest absolute Gasteiger partial charge is 0.338 e. The maximum atomic E-state index is 12.4. The lowest BCUT2D eigenvalue weighted by atomic mass is 9.86. The molecule has 0 spiro atoms. The number of carbonyl (C=O) groups excluding carboxylic acids is 2. The first kappa shape index (κ1) is 16.9. The Labute approximate surface area is 134 Å². The van der Waals surface area contributed by atoms with Gasteiger partial charge >= 0.3 is 5.97 Å². The van der Waals surface area contributed by atoms with E-state index in [-0.39, 0.29) is 22.9 Å². The number of nitro benzene ring substituents is 1. The second kappa shape index (κ2) is 7.21. The number of non-ortho nitro benzene ring substituents is 1. The van der Waals surface area contributed by atoms with Crippen LogP contribution in [0.25, 0.3) is 0 Å². The molecule has 0 saturated heterocycles. The van der Waals surface area contributed by atoms with Gasteiger partial charge in [-0.15, -0.1) is 0 Å². The molecule has 1 aromatic carbocycles. The molecule has 0 aliphatic heterocycles. The van der Waals surface area contributed by atoms with Crippen LogP contribution in [0.5, 0.6) is 0 Å². The van der Waals surface area contributed by atoms with E-state index >= 15 is 0 Å². The van der Waals surface area contributed by atoms with Crippen LogP contribution in [-0.2, 0) is 4.74 Å². The molecule has 0 radical (unpaired) electrons. The van der Waals surface area contributed by atoms with Crippen molar-refractivity contribution in [3.8, 4) is 0 Å². The Hall–Kier alpha value is -2.44. The minimum absolute atomic E-state index is 0.0106. The largest absolute Gasteiger partial charge is 0.465 e. The number of esters is 1. The first-order chi connectivity index (χ1) is 10.9. The van der Waals surface area contributed by atoms with Crippen LogP contribution in [0.1, 0.15) is 53.3 Å². The van der Waals surface area contributed by atoms with Crippen molar-refractivity contribution in [1.29, 1.82) is 0 Å². The van der Waals surface area contributed by atoms with Crippen LogP contribution in [0.4, 0.5) is 5.69 Å². The molecule has 7 nitrogen and oxygen atoms in total. The molecule has 1 amide bonds. The van der Waals surface area contributed by atoms with Crippen molar-refractivity contribution in [2.24, 2.45) is 5.92 Å². The van der Waals surface area contributed by atoms with E-state index in [0.717, 1.165) is 31.7 Å². The number of hydrogen-bond donors (Lipinski definition) is 1. The van der Waals surface area contributed by atoms with Gasteiger partial charge in [-0.05, 0) is 24.8 Å². The Bertz CT molecular complexity index is 629. The zero-order valence-electron chi connectivity index (χ0n) is 13.2.